The first kappa shape index (κ1) is 14.6. The van der Waals surface area contributed by atoms with Gasteiger partial charge in [-0.2, -0.15) is 18.4 Å². The number of benzene rings is 1. The summed E-state index contributed by atoms with van der Waals surface area (Å²) in [6.07, 6.45) is 3.84. The Morgan fingerprint density at radius 3 is 2.96 bits per heavy atom. The quantitative estimate of drug-likeness (QED) is 0.569. The Balaban J connectivity index is 1.53. The van der Waals surface area contributed by atoms with E-state index in [2.05, 4.69) is 34.3 Å². The van der Waals surface area contributed by atoms with E-state index in [0.29, 0.717) is 23.5 Å². The van der Waals surface area contributed by atoms with Gasteiger partial charge in [-0.25, -0.2) is 4.98 Å². The lowest BCUT2D eigenvalue weighted by atomic mass is 10.2. The molecule has 10 heteroatoms. The zero-order valence-electron chi connectivity index (χ0n) is 13.1. The van der Waals surface area contributed by atoms with Gasteiger partial charge in [0, 0.05) is 6.04 Å². The predicted molar refractivity (Wildman–Crippen MR) is 92.7 cm³/mol. The maximum atomic E-state index is 9.66. The second-order valence-corrected chi connectivity index (χ2v) is 6.68. The predicted octanol–water partition coefficient (Wildman–Crippen LogP) is 1.54. The summed E-state index contributed by atoms with van der Waals surface area (Å²) in [6, 6.07) is 5.92. The Bertz CT molecular complexity index is 1060. The molecule has 4 aromatic rings. The molecular formula is C15H14N8OS. The standard InChI is InChI=1S/C15H14N8OS/c24-10-3-1-8(5-10)17-15-16-7-13-14(18-15)23(22-19-13)9-2-4-11-12(6-9)21-25-20-11/h2,4,6-8,10,24H,1,3,5H2,(H,16,17,18)/t8-,10-/m0/s1. The van der Waals surface area contributed by atoms with Crippen LogP contribution in [0.25, 0.3) is 27.9 Å². The van der Waals surface area contributed by atoms with Crippen molar-refractivity contribution < 1.29 is 5.11 Å². The first-order valence-electron chi connectivity index (χ1n) is 8.02. The molecule has 25 heavy (non-hydrogen) atoms. The van der Waals surface area contributed by atoms with Gasteiger partial charge in [-0.1, -0.05) is 5.21 Å². The summed E-state index contributed by atoms with van der Waals surface area (Å²) in [4.78, 5) is 8.87. The summed E-state index contributed by atoms with van der Waals surface area (Å²) in [7, 11) is 0. The van der Waals surface area contributed by atoms with Gasteiger partial charge in [0.1, 0.15) is 11.0 Å². The van der Waals surface area contributed by atoms with E-state index in [-0.39, 0.29) is 12.1 Å². The van der Waals surface area contributed by atoms with Gasteiger partial charge < -0.3 is 10.4 Å². The number of rotatable bonds is 3. The zero-order valence-corrected chi connectivity index (χ0v) is 13.9. The van der Waals surface area contributed by atoms with Crippen molar-refractivity contribution in [2.75, 3.05) is 5.32 Å². The number of hydrogen-bond acceptors (Lipinski definition) is 9. The molecule has 0 spiro atoms. The summed E-state index contributed by atoms with van der Waals surface area (Å²) >= 11 is 1.18. The average Bonchev–Trinajstić information content (AvgIpc) is 3.33. The van der Waals surface area contributed by atoms with E-state index in [1.165, 1.54) is 11.7 Å². The Hall–Kier alpha value is -2.72. The SMILES string of the molecule is O[C@H]1CC[C@H](Nc2ncc3nnn(-c4ccc5nsnc5c4)c3n2)C1. The van der Waals surface area contributed by atoms with Gasteiger partial charge in [0.25, 0.3) is 0 Å². The van der Waals surface area contributed by atoms with Crippen LogP contribution in [-0.4, -0.2) is 51.0 Å². The van der Waals surface area contributed by atoms with Gasteiger partial charge in [-0.15, -0.1) is 5.10 Å². The van der Waals surface area contributed by atoms with Crippen LogP contribution in [0, 0.1) is 0 Å². The molecule has 0 radical (unpaired) electrons. The number of hydrogen-bond donors (Lipinski definition) is 2. The number of nitrogens with zero attached hydrogens (tertiary/aromatic N) is 7. The Morgan fingerprint density at radius 1 is 1.16 bits per heavy atom. The molecule has 0 unspecified atom stereocenters. The van der Waals surface area contributed by atoms with Crippen LogP contribution < -0.4 is 5.32 Å². The van der Waals surface area contributed by atoms with E-state index in [9.17, 15) is 5.11 Å². The Labute approximate surface area is 146 Å². The highest BCUT2D eigenvalue weighted by Gasteiger charge is 2.23. The molecule has 0 aliphatic heterocycles. The summed E-state index contributed by atoms with van der Waals surface area (Å²) in [6.45, 7) is 0. The van der Waals surface area contributed by atoms with Crippen molar-refractivity contribution in [1.29, 1.82) is 0 Å². The number of aliphatic hydroxyl groups is 1. The molecular weight excluding hydrogens is 340 g/mol. The number of fused-ring (bicyclic) bond motifs is 2. The summed E-state index contributed by atoms with van der Waals surface area (Å²) in [5, 5.41) is 21.3. The molecule has 3 aromatic heterocycles. The van der Waals surface area contributed by atoms with Gasteiger partial charge in [-0.05, 0) is 37.5 Å². The second kappa shape index (κ2) is 5.67. The maximum absolute atomic E-state index is 9.66. The van der Waals surface area contributed by atoms with E-state index < -0.39 is 0 Å². The molecule has 1 aliphatic carbocycles. The topological polar surface area (TPSA) is 115 Å². The second-order valence-electron chi connectivity index (χ2n) is 6.15. The van der Waals surface area contributed by atoms with Gasteiger partial charge in [0.15, 0.2) is 11.2 Å². The largest absolute Gasteiger partial charge is 0.393 e. The minimum absolute atomic E-state index is 0.189. The third kappa shape index (κ3) is 2.59. The Morgan fingerprint density at radius 2 is 2.08 bits per heavy atom. The third-order valence-electron chi connectivity index (χ3n) is 4.41. The fourth-order valence-corrected chi connectivity index (χ4v) is 3.66. The van der Waals surface area contributed by atoms with Crippen LogP contribution in [0.15, 0.2) is 24.4 Å². The number of aliphatic hydroxyl groups excluding tert-OH is 1. The fraction of sp³-hybridized carbons (Fsp3) is 0.333. The van der Waals surface area contributed by atoms with E-state index in [0.717, 1.165) is 29.6 Å². The lowest BCUT2D eigenvalue weighted by Crippen LogP contribution is -2.18. The van der Waals surface area contributed by atoms with E-state index in [1.807, 2.05) is 18.2 Å². The summed E-state index contributed by atoms with van der Waals surface area (Å²) < 4.78 is 10.1. The lowest BCUT2D eigenvalue weighted by Gasteiger charge is -2.11. The van der Waals surface area contributed by atoms with Crippen molar-refractivity contribution in [2.24, 2.45) is 0 Å². The van der Waals surface area contributed by atoms with Gasteiger partial charge >= 0.3 is 0 Å². The normalized spacial score (nSPS) is 20.5. The fourth-order valence-electron chi connectivity index (χ4n) is 3.15. The molecule has 0 bridgehead atoms. The maximum Gasteiger partial charge on any atom is 0.225 e. The Kier molecular flexibility index (Phi) is 3.31. The van der Waals surface area contributed by atoms with Crippen LogP contribution >= 0.6 is 11.7 Å². The van der Waals surface area contributed by atoms with Crippen molar-refractivity contribution in [2.45, 2.75) is 31.4 Å². The minimum atomic E-state index is -0.244. The van der Waals surface area contributed by atoms with Crippen molar-refractivity contribution >= 4 is 39.9 Å². The van der Waals surface area contributed by atoms with Gasteiger partial charge in [-0.3, -0.25) is 0 Å². The molecule has 126 valence electrons. The van der Waals surface area contributed by atoms with Crippen LogP contribution in [0.4, 0.5) is 5.95 Å². The van der Waals surface area contributed by atoms with E-state index >= 15 is 0 Å². The van der Waals surface area contributed by atoms with Crippen molar-refractivity contribution in [3.8, 4) is 5.69 Å². The first-order valence-corrected chi connectivity index (χ1v) is 8.75. The number of nitrogens with one attached hydrogen (secondary N) is 1. The average molecular weight is 354 g/mol. The van der Waals surface area contributed by atoms with Crippen molar-refractivity contribution in [3.63, 3.8) is 0 Å². The molecule has 2 N–H and O–H groups in total. The van der Waals surface area contributed by atoms with Crippen LogP contribution in [0.3, 0.4) is 0 Å². The zero-order chi connectivity index (χ0) is 16.8. The molecule has 1 fully saturated rings. The number of anilines is 1. The molecule has 1 saturated carbocycles. The lowest BCUT2D eigenvalue weighted by molar-refractivity contribution is 0.182. The highest BCUT2D eigenvalue weighted by Crippen LogP contribution is 2.23. The molecule has 2 atom stereocenters. The number of aromatic nitrogens is 7. The smallest absolute Gasteiger partial charge is 0.225 e. The summed E-state index contributed by atoms with van der Waals surface area (Å²) in [5.74, 6) is 0.520. The van der Waals surface area contributed by atoms with Crippen LogP contribution in [0.5, 0.6) is 0 Å². The highest BCUT2D eigenvalue weighted by molar-refractivity contribution is 7.00. The van der Waals surface area contributed by atoms with Gasteiger partial charge in [0.05, 0.1) is 29.7 Å². The van der Waals surface area contributed by atoms with E-state index in [1.54, 1.807) is 10.9 Å². The van der Waals surface area contributed by atoms with Crippen LogP contribution in [0.2, 0.25) is 0 Å². The van der Waals surface area contributed by atoms with Gasteiger partial charge in [0.2, 0.25) is 5.95 Å². The molecule has 3 heterocycles. The van der Waals surface area contributed by atoms with Crippen LogP contribution in [-0.2, 0) is 0 Å². The summed E-state index contributed by atoms with van der Waals surface area (Å²) in [5.41, 5.74) is 3.74. The third-order valence-corrected chi connectivity index (χ3v) is 4.97. The molecule has 1 aromatic carbocycles. The first-order chi connectivity index (χ1) is 12.3. The molecule has 0 saturated heterocycles. The van der Waals surface area contributed by atoms with Crippen LogP contribution in [0.1, 0.15) is 19.3 Å². The molecule has 9 nitrogen and oxygen atoms in total. The molecule has 5 rings (SSSR count). The van der Waals surface area contributed by atoms with Crippen molar-refractivity contribution in [1.82, 2.24) is 33.7 Å². The molecule has 0 amide bonds. The van der Waals surface area contributed by atoms with E-state index in [4.69, 9.17) is 0 Å². The monoisotopic (exact) mass is 354 g/mol. The highest BCUT2D eigenvalue weighted by atomic mass is 32.1. The van der Waals surface area contributed by atoms with Crippen molar-refractivity contribution in [3.05, 3.63) is 24.4 Å². The molecule has 1 aliphatic rings. The minimum Gasteiger partial charge on any atom is -0.393 e.